The van der Waals surface area contributed by atoms with Gasteiger partial charge in [0.2, 0.25) is 5.91 Å². The van der Waals surface area contributed by atoms with Gasteiger partial charge in [-0.15, -0.1) is 13.2 Å². The van der Waals surface area contributed by atoms with E-state index in [-0.39, 0.29) is 24.6 Å². The molecule has 0 aliphatic heterocycles. The van der Waals surface area contributed by atoms with Crippen LogP contribution in [0, 0.1) is 10.1 Å². The lowest BCUT2D eigenvalue weighted by Gasteiger charge is -2.19. The van der Waals surface area contributed by atoms with E-state index in [4.69, 9.17) is 0 Å². The molecule has 0 saturated carbocycles. The van der Waals surface area contributed by atoms with Gasteiger partial charge in [0.25, 0.3) is 5.69 Å². The summed E-state index contributed by atoms with van der Waals surface area (Å²) in [6, 6.07) is 2.20. The molecule has 1 rings (SSSR count). The molecule has 0 aliphatic rings. The molecule has 0 fully saturated rings. The van der Waals surface area contributed by atoms with Crippen LogP contribution in [0.5, 0.6) is 0 Å². The number of hydrogen-bond donors (Lipinski definition) is 1. The number of halogens is 3. The zero-order chi connectivity index (χ0) is 19.0. The van der Waals surface area contributed by atoms with Crippen LogP contribution in [-0.4, -0.2) is 35.4 Å². The number of nitrogens with one attached hydrogen (secondary N) is 1. The molecule has 0 saturated heterocycles. The third-order valence-electron chi connectivity index (χ3n) is 3.23. The minimum atomic E-state index is -4.67. The third kappa shape index (κ3) is 5.94. The van der Waals surface area contributed by atoms with Gasteiger partial charge < -0.3 is 10.2 Å². The molecule has 0 aromatic heterocycles. The van der Waals surface area contributed by atoms with Crippen LogP contribution in [0.25, 0.3) is 0 Å². The van der Waals surface area contributed by atoms with Gasteiger partial charge in [-0.1, -0.05) is 12.2 Å². The quantitative estimate of drug-likeness (QED) is 0.416. The number of carbonyl (C=O) groups excluding carboxylic acids is 1. The molecule has 1 aromatic rings. The molecular weight excluding hydrogens is 339 g/mol. The maximum absolute atomic E-state index is 12.6. The molecule has 1 amide bonds. The second-order valence-electron chi connectivity index (χ2n) is 5.04. The summed E-state index contributed by atoms with van der Waals surface area (Å²) in [5.41, 5.74) is -1.88. The summed E-state index contributed by atoms with van der Waals surface area (Å²) in [7, 11) is 0. The van der Waals surface area contributed by atoms with Gasteiger partial charge >= 0.3 is 6.18 Å². The molecule has 1 aromatic carbocycles. The Morgan fingerprint density at radius 2 is 1.88 bits per heavy atom. The van der Waals surface area contributed by atoms with Crippen LogP contribution in [0.15, 0.2) is 43.5 Å². The Balaban J connectivity index is 2.80. The average Bonchev–Trinajstić information content (AvgIpc) is 2.53. The van der Waals surface area contributed by atoms with Crippen LogP contribution >= 0.6 is 0 Å². The molecule has 0 atom stereocenters. The van der Waals surface area contributed by atoms with E-state index >= 15 is 0 Å². The minimum absolute atomic E-state index is 0.0137. The van der Waals surface area contributed by atoms with E-state index in [0.29, 0.717) is 19.2 Å². The maximum atomic E-state index is 12.6. The van der Waals surface area contributed by atoms with Gasteiger partial charge in [0.05, 0.1) is 10.5 Å². The number of nitro groups is 1. The smallest absolute Gasteiger partial charge is 0.379 e. The van der Waals surface area contributed by atoms with E-state index in [0.717, 1.165) is 12.1 Å². The second kappa shape index (κ2) is 8.86. The Kier molecular flexibility index (Phi) is 7.16. The highest BCUT2D eigenvalue weighted by atomic mass is 19.4. The van der Waals surface area contributed by atoms with Crippen LogP contribution in [-0.2, 0) is 11.0 Å². The molecular formula is C16H18F3N3O3. The van der Waals surface area contributed by atoms with Gasteiger partial charge in [-0.3, -0.25) is 14.9 Å². The van der Waals surface area contributed by atoms with Crippen LogP contribution in [0.3, 0.4) is 0 Å². The lowest BCUT2D eigenvalue weighted by atomic mass is 10.1. The Morgan fingerprint density at radius 1 is 1.28 bits per heavy atom. The zero-order valence-corrected chi connectivity index (χ0v) is 13.4. The van der Waals surface area contributed by atoms with Crippen molar-refractivity contribution in [3.8, 4) is 0 Å². The van der Waals surface area contributed by atoms with Gasteiger partial charge in [-0.2, -0.15) is 13.2 Å². The van der Waals surface area contributed by atoms with Crippen LogP contribution in [0.1, 0.15) is 12.0 Å². The van der Waals surface area contributed by atoms with Crippen molar-refractivity contribution in [1.29, 1.82) is 0 Å². The fraction of sp³-hybridized carbons (Fsp3) is 0.312. The van der Waals surface area contributed by atoms with E-state index < -0.39 is 22.4 Å². The first-order chi connectivity index (χ1) is 11.7. The molecule has 0 aliphatic carbocycles. The fourth-order valence-corrected chi connectivity index (χ4v) is 2.06. The van der Waals surface area contributed by atoms with Crippen molar-refractivity contribution in [3.05, 3.63) is 59.2 Å². The zero-order valence-electron chi connectivity index (χ0n) is 13.4. The highest BCUT2D eigenvalue weighted by molar-refractivity contribution is 5.77. The normalized spacial score (nSPS) is 10.8. The Bertz CT molecular complexity index is 650. The fourth-order valence-electron chi connectivity index (χ4n) is 2.06. The largest absolute Gasteiger partial charge is 0.416 e. The number of nitrogens with zero attached hydrogens (tertiary/aromatic N) is 2. The van der Waals surface area contributed by atoms with Crippen molar-refractivity contribution in [1.82, 2.24) is 4.90 Å². The van der Waals surface area contributed by atoms with Gasteiger partial charge in [0, 0.05) is 32.1 Å². The molecule has 9 heteroatoms. The highest BCUT2D eigenvalue weighted by Crippen LogP contribution is 2.34. The van der Waals surface area contributed by atoms with Crippen molar-refractivity contribution >= 4 is 17.3 Å². The van der Waals surface area contributed by atoms with Gasteiger partial charge in [-0.25, -0.2) is 0 Å². The Hall–Kier alpha value is -2.84. The van der Waals surface area contributed by atoms with Gasteiger partial charge in [0.15, 0.2) is 0 Å². The first kappa shape index (κ1) is 20.2. The average molecular weight is 357 g/mol. The third-order valence-corrected chi connectivity index (χ3v) is 3.23. The van der Waals surface area contributed by atoms with Crippen LogP contribution < -0.4 is 5.32 Å². The van der Waals surface area contributed by atoms with Crippen LogP contribution in [0.4, 0.5) is 24.5 Å². The standard InChI is InChI=1S/C16H18F3N3O3/c1-3-9-21(10-4-2)15(23)7-8-20-13-6-5-12(16(17,18)19)11-14(13)22(24)25/h3-6,11,20H,1-2,7-10H2. The van der Waals surface area contributed by atoms with Crippen LogP contribution in [0.2, 0.25) is 0 Å². The van der Waals surface area contributed by atoms with Gasteiger partial charge in [-0.05, 0) is 12.1 Å². The SMILES string of the molecule is C=CCN(CC=C)C(=O)CCNc1ccc(C(F)(F)F)cc1[N+](=O)[O-]. The molecule has 0 heterocycles. The summed E-state index contributed by atoms with van der Waals surface area (Å²) in [5, 5.41) is 13.6. The number of carbonyl (C=O) groups is 1. The summed E-state index contributed by atoms with van der Waals surface area (Å²) in [4.78, 5) is 23.6. The highest BCUT2D eigenvalue weighted by Gasteiger charge is 2.33. The Morgan fingerprint density at radius 3 is 2.36 bits per heavy atom. The number of amides is 1. The van der Waals surface area contributed by atoms with Gasteiger partial charge in [0.1, 0.15) is 5.69 Å². The first-order valence-electron chi connectivity index (χ1n) is 7.29. The maximum Gasteiger partial charge on any atom is 0.416 e. The summed E-state index contributed by atoms with van der Waals surface area (Å²) >= 11 is 0. The molecule has 136 valence electrons. The summed E-state index contributed by atoms with van der Waals surface area (Å²) in [5.74, 6) is -0.234. The molecule has 1 N–H and O–H groups in total. The molecule has 0 bridgehead atoms. The lowest BCUT2D eigenvalue weighted by Crippen LogP contribution is -2.32. The number of anilines is 1. The van der Waals surface area contributed by atoms with E-state index in [1.54, 1.807) is 12.2 Å². The van der Waals surface area contributed by atoms with Crippen molar-refractivity contribution in [2.24, 2.45) is 0 Å². The van der Waals surface area contributed by atoms with E-state index in [2.05, 4.69) is 18.5 Å². The first-order valence-corrected chi connectivity index (χ1v) is 7.29. The van der Waals surface area contributed by atoms with Crippen molar-refractivity contribution in [3.63, 3.8) is 0 Å². The predicted octanol–water partition coefficient (Wildman–Crippen LogP) is 3.62. The number of benzene rings is 1. The minimum Gasteiger partial charge on any atom is -0.379 e. The van der Waals surface area contributed by atoms with Crippen molar-refractivity contribution in [2.75, 3.05) is 25.0 Å². The number of nitro benzene ring substituents is 1. The summed E-state index contributed by atoms with van der Waals surface area (Å²) in [6.45, 7) is 7.77. The molecule has 0 spiro atoms. The van der Waals surface area contributed by atoms with E-state index in [1.807, 2.05) is 0 Å². The van der Waals surface area contributed by atoms with E-state index in [9.17, 15) is 28.1 Å². The van der Waals surface area contributed by atoms with Crippen molar-refractivity contribution < 1.29 is 22.9 Å². The monoisotopic (exact) mass is 357 g/mol. The van der Waals surface area contributed by atoms with Crippen molar-refractivity contribution in [2.45, 2.75) is 12.6 Å². The number of rotatable bonds is 9. The predicted molar refractivity (Wildman–Crippen MR) is 88.2 cm³/mol. The lowest BCUT2D eigenvalue weighted by molar-refractivity contribution is -0.384. The molecule has 25 heavy (non-hydrogen) atoms. The molecule has 0 radical (unpaired) electrons. The summed E-state index contributed by atoms with van der Waals surface area (Å²) < 4.78 is 37.9. The number of alkyl halides is 3. The topological polar surface area (TPSA) is 75.5 Å². The Labute approximate surface area is 142 Å². The number of hydrogen-bond acceptors (Lipinski definition) is 4. The molecule has 0 unspecified atom stereocenters. The van der Waals surface area contributed by atoms with E-state index in [1.165, 1.54) is 4.90 Å². The summed E-state index contributed by atoms with van der Waals surface area (Å²) in [6.07, 6.45) is -1.56. The molecule has 6 nitrogen and oxygen atoms in total. The second-order valence-corrected chi connectivity index (χ2v) is 5.04.